The number of hydrogen-bond acceptors (Lipinski definition) is 4. The van der Waals surface area contributed by atoms with E-state index in [1.54, 1.807) is 0 Å². The van der Waals surface area contributed by atoms with Crippen molar-refractivity contribution in [3.8, 4) is 0 Å². The average molecular weight is 366 g/mol. The number of carbonyl (C=O) groups is 2. The van der Waals surface area contributed by atoms with Crippen LogP contribution in [0.1, 0.15) is 71.1 Å². The number of carbonyl (C=O) groups excluding carboxylic acids is 2. The van der Waals surface area contributed by atoms with Gasteiger partial charge in [-0.25, -0.2) is 4.79 Å². The van der Waals surface area contributed by atoms with Crippen LogP contribution in [0.3, 0.4) is 0 Å². The summed E-state index contributed by atoms with van der Waals surface area (Å²) < 4.78 is 4.55. The molecule has 0 aliphatic carbocycles. The SMILES string of the molecule is CCCCCC(O)C=CC1CCCC(=O)N1CCCCC=CC(=O)OC. The van der Waals surface area contributed by atoms with E-state index in [0.29, 0.717) is 6.42 Å². The number of likely N-dealkylation sites (tertiary alicyclic amines) is 1. The van der Waals surface area contributed by atoms with Crippen LogP contribution in [0.25, 0.3) is 0 Å². The van der Waals surface area contributed by atoms with E-state index in [0.717, 1.165) is 64.3 Å². The Morgan fingerprint density at radius 1 is 1.35 bits per heavy atom. The number of allylic oxidation sites excluding steroid dienone is 1. The molecule has 1 fully saturated rings. The highest BCUT2D eigenvalue weighted by molar-refractivity contribution is 5.81. The van der Waals surface area contributed by atoms with E-state index in [2.05, 4.69) is 11.7 Å². The first-order valence-corrected chi connectivity index (χ1v) is 9.98. The lowest BCUT2D eigenvalue weighted by atomic mass is 9.99. The Morgan fingerprint density at radius 2 is 2.15 bits per heavy atom. The lowest BCUT2D eigenvalue weighted by molar-refractivity contribution is -0.135. The molecule has 0 aromatic heterocycles. The van der Waals surface area contributed by atoms with Crippen molar-refractivity contribution in [3.05, 3.63) is 24.3 Å². The van der Waals surface area contributed by atoms with E-state index in [1.807, 2.05) is 23.1 Å². The van der Waals surface area contributed by atoms with Gasteiger partial charge in [-0.1, -0.05) is 44.4 Å². The summed E-state index contributed by atoms with van der Waals surface area (Å²) in [5, 5.41) is 10.1. The van der Waals surface area contributed by atoms with Crippen molar-refractivity contribution in [2.75, 3.05) is 13.7 Å². The van der Waals surface area contributed by atoms with E-state index in [-0.39, 0.29) is 17.9 Å². The molecule has 1 heterocycles. The molecule has 2 atom stereocenters. The van der Waals surface area contributed by atoms with Crippen molar-refractivity contribution in [2.24, 2.45) is 0 Å². The summed E-state index contributed by atoms with van der Waals surface area (Å²) in [4.78, 5) is 25.2. The summed E-state index contributed by atoms with van der Waals surface area (Å²) in [6.45, 7) is 2.88. The predicted octanol–water partition coefficient (Wildman–Crippen LogP) is 3.76. The first-order valence-electron chi connectivity index (χ1n) is 9.98. The van der Waals surface area contributed by atoms with E-state index < -0.39 is 6.10 Å². The third kappa shape index (κ3) is 9.18. The number of nitrogens with zero attached hydrogens (tertiary/aromatic N) is 1. The summed E-state index contributed by atoms with van der Waals surface area (Å²) in [6.07, 6.45) is 16.0. The topological polar surface area (TPSA) is 66.8 Å². The van der Waals surface area contributed by atoms with Gasteiger partial charge in [0.25, 0.3) is 0 Å². The number of ether oxygens (including phenoxy) is 1. The molecule has 148 valence electrons. The van der Waals surface area contributed by atoms with Crippen LogP contribution in [0.15, 0.2) is 24.3 Å². The number of piperidine rings is 1. The average Bonchev–Trinajstić information content (AvgIpc) is 2.64. The van der Waals surface area contributed by atoms with Gasteiger partial charge >= 0.3 is 5.97 Å². The fraction of sp³-hybridized carbons (Fsp3) is 0.714. The molecule has 26 heavy (non-hydrogen) atoms. The molecule has 0 spiro atoms. The lowest BCUT2D eigenvalue weighted by Gasteiger charge is -2.34. The van der Waals surface area contributed by atoms with Gasteiger partial charge in [0.2, 0.25) is 5.91 Å². The molecule has 1 aliphatic heterocycles. The van der Waals surface area contributed by atoms with E-state index in [9.17, 15) is 14.7 Å². The molecule has 0 radical (unpaired) electrons. The van der Waals surface area contributed by atoms with Gasteiger partial charge in [-0.15, -0.1) is 0 Å². The number of amides is 1. The third-order valence-electron chi connectivity index (χ3n) is 4.74. The molecule has 0 saturated carbocycles. The van der Waals surface area contributed by atoms with Gasteiger partial charge in [-0.2, -0.15) is 0 Å². The molecule has 1 saturated heterocycles. The highest BCUT2D eigenvalue weighted by Crippen LogP contribution is 2.20. The minimum Gasteiger partial charge on any atom is -0.466 e. The fourth-order valence-corrected chi connectivity index (χ4v) is 3.19. The number of esters is 1. The lowest BCUT2D eigenvalue weighted by Crippen LogP contribution is -2.43. The van der Waals surface area contributed by atoms with Crippen LogP contribution in [0, 0.1) is 0 Å². The first kappa shape index (κ1) is 22.4. The molecule has 5 nitrogen and oxygen atoms in total. The molecule has 1 rings (SSSR count). The molecular weight excluding hydrogens is 330 g/mol. The summed E-state index contributed by atoms with van der Waals surface area (Å²) in [6, 6.07) is 0.0997. The normalized spacial score (nSPS) is 19.4. The van der Waals surface area contributed by atoms with Crippen LogP contribution in [0.5, 0.6) is 0 Å². The zero-order chi connectivity index (χ0) is 19.2. The second-order valence-electron chi connectivity index (χ2n) is 6.92. The van der Waals surface area contributed by atoms with Crippen molar-refractivity contribution < 1.29 is 19.4 Å². The summed E-state index contributed by atoms with van der Waals surface area (Å²) >= 11 is 0. The minimum atomic E-state index is -0.413. The van der Waals surface area contributed by atoms with Crippen molar-refractivity contribution in [3.63, 3.8) is 0 Å². The zero-order valence-electron chi connectivity index (χ0n) is 16.4. The van der Waals surface area contributed by atoms with Crippen LogP contribution < -0.4 is 0 Å². The molecule has 2 unspecified atom stereocenters. The molecule has 0 aromatic rings. The van der Waals surface area contributed by atoms with Gasteiger partial charge in [-0.3, -0.25) is 4.79 Å². The number of unbranched alkanes of at least 4 members (excludes halogenated alkanes) is 4. The van der Waals surface area contributed by atoms with Gasteiger partial charge in [0.05, 0.1) is 19.3 Å². The van der Waals surface area contributed by atoms with E-state index >= 15 is 0 Å². The smallest absolute Gasteiger partial charge is 0.330 e. The highest BCUT2D eigenvalue weighted by Gasteiger charge is 2.25. The maximum atomic E-state index is 12.3. The Kier molecular flexibility index (Phi) is 11.7. The number of aliphatic hydroxyl groups excluding tert-OH is 1. The van der Waals surface area contributed by atoms with Gasteiger partial charge in [-0.05, 0) is 38.5 Å². The number of methoxy groups -OCH3 is 1. The van der Waals surface area contributed by atoms with Crippen molar-refractivity contribution in [1.29, 1.82) is 0 Å². The van der Waals surface area contributed by atoms with Crippen molar-refractivity contribution in [2.45, 2.75) is 83.3 Å². The first-order chi connectivity index (χ1) is 12.6. The zero-order valence-corrected chi connectivity index (χ0v) is 16.4. The Bertz CT molecular complexity index is 473. The maximum absolute atomic E-state index is 12.3. The van der Waals surface area contributed by atoms with E-state index in [1.165, 1.54) is 13.2 Å². The number of rotatable bonds is 12. The summed E-state index contributed by atoms with van der Waals surface area (Å²) in [5.41, 5.74) is 0. The highest BCUT2D eigenvalue weighted by atomic mass is 16.5. The fourth-order valence-electron chi connectivity index (χ4n) is 3.19. The van der Waals surface area contributed by atoms with Crippen LogP contribution in [-0.2, 0) is 14.3 Å². The monoisotopic (exact) mass is 365 g/mol. The quantitative estimate of drug-likeness (QED) is 0.247. The molecule has 0 bridgehead atoms. The Balaban J connectivity index is 2.40. The van der Waals surface area contributed by atoms with Gasteiger partial charge in [0.15, 0.2) is 0 Å². The standard InChI is InChI=1S/C21H35NO4/c1-3-4-7-12-19(23)16-15-18-11-10-13-20(24)22(18)17-9-6-5-8-14-21(25)26-2/h8,14-16,18-19,23H,3-7,9-13,17H2,1-2H3. The Labute approximate surface area is 158 Å². The van der Waals surface area contributed by atoms with Crippen LogP contribution in [0.2, 0.25) is 0 Å². The number of hydrogen-bond donors (Lipinski definition) is 1. The van der Waals surface area contributed by atoms with Gasteiger partial charge in [0, 0.05) is 19.0 Å². The van der Waals surface area contributed by atoms with Crippen LogP contribution in [0.4, 0.5) is 0 Å². The molecule has 0 aromatic carbocycles. The number of aliphatic hydroxyl groups is 1. The Morgan fingerprint density at radius 3 is 2.88 bits per heavy atom. The molecule has 1 amide bonds. The third-order valence-corrected chi connectivity index (χ3v) is 4.74. The second-order valence-corrected chi connectivity index (χ2v) is 6.92. The van der Waals surface area contributed by atoms with Gasteiger partial charge < -0.3 is 14.7 Å². The van der Waals surface area contributed by atoms with Crippen LogP contribution >= 0.6 is 0 Å². The second kappa shape index (κ2) is 13.6. The Hall–Kier alpha value is -1.62. The van der Waals surface area contributed by atoms with Crippen molar-refractivity contribution >= 4 is 11.9 Å². The van der Waals surface area contributed by atoms with Gasteiger partial charge in [0.1, 0.15) is 0 Å². The molecule has 5 heteroatoms. The predicted molar refractivity (Wildman–Crippen MR) is 104 cm³/mol. The van der Waals surface area contributed by atoms with Crippen LogP contribution in [-0.4, -0.2) is 47.7 Å². The molecule has 1 aliphatic rings. The summed E-state index contributed by atoms with van der Waals surface area (Å²) in [5.74, 6) is -0.129. The van der Waals surface area contributed by atoms with E-state index in [4.69, 9.17) is 0 Å². The molecule has 1 N–H and O–H groups in total. The largest absolute Gasteiger partial charge is 0.466 e. The van der Waals surface area contributed by atoms with Crippen molar-refractivity contribution in [1.82, 2.24) is 4.90 Å². The maximum Gasteiger partial charge on any atom is 0.330 e. The minimum absolute atomic E-state index is 0.0997. The molecular formula is C21H35NO4. The summed E-state index contributed by atoms with van der Waals surface area (Å²) in [7, 11) is 1.36.